The number of nitrogen functional groups attached to an aromatic ring is 1. The summed E-state index contributed by atoms with van der Waals surface area (Å²) < 4.78 is 0. The molecule has 0 spiro atoms. The van der Waals surface area contributed by atoms with Crippen molar-refractivity contribution in [3.05, 3.63) is 18.3 Å². The van der Waals surface area contributed by atoms with E-state index in [1.54, 1.807) is 6.20 Å². The van der Waals surface area contributed by atoms with E-state index in [4.69, 9.17) is 5.73 Å². The molecule has 0 fully saturated rings. The highest BCUT2D eigenvalue weighted by molar-refractivity contribution is 5.50. The van der Waals surface area contributed by atoms with Crippen LogP contribution in [0, 0.1) is 0 Å². The van der Waals surface area contributed by atoms with Gasteiger partial charge in [-0.05, 0) is 19.4 Å². The smallest absolute Gasteiger partial charge is 0.125 e. The van der Waals surface area contributed by atoms with Crippen molar-refractivity contribution in [2.45, 2.75) is 52.0 Å². The van der Waals surface area contributed by atoms with Crippen LogP contribution < -0.4 is 11.1 Å². The molecule has 3 heteroatoms. The molecule has 0 radical (unpaired) electrons. The number of nitrogens with one attached hydrogen (secondary N) is 1. The predicted octanol–water partition coefficient (Wildman–Crippen LogP) is 3.43. The molecule has 1 heterocycles. The number of nitrogens with zero attached hydrogens (tertiary/aromatic N) is 1. The van der Waals surface area contributed by atoms with Crippen LogP contribution in [0.1, 0.15) is 46.0 Å². The van der Waals surface area contributed by atoms with Crippen LogP contribution in [0.2, 0.25) is 0 Å². The molecular weight excluding hydrogens is 198 g/mol. The van der Waals surface area contributed by atoms with E-state index in [0.29, 0.717) is 11.9 Å². The number of unbranched alkanes of at least 4 members (excludes halogenated alkanes) is 3. The number of hydrogen-bond acceptors (Lipinski definition) is 3. The maximum absolute atomic E-state index is 5.62. The van der Waals surface area contributed by atoms with Gasteiger partial charge in [-0.2, -0.15) is 0 Å². The van der Waals surface area contributed by atoms with E-state index in [2.05, 4.69) is 24.1 Å². The van der Waals surface area contributed by atoms with Crippen molar-refractivity contribution in [1.82, 2.24) is 4.98 Å². The lowest BCUT2D eigenvalue weighted by Crippen LogP contribution is -2.15. The lowest BCUT2D eigenvalue weighted by atomic mass is 10.1. The quantitative estimate of drug-likeness (QED) is 0.693. The van der Waals surface area contributed by atoms with Crippen molar-refractivity contribution in [3.8, 4) is 0 Å². The van der Waals surface area contributed by atoms with E-state index in [-0.39, 0.29) is 0 Å². The predicted molar refractivity (Wildman–Crippen MR) is 70.5 cm³/mol. The van der Waals surface area contributed by atoms with Crippen LogP contribution in [-0.4, -0.2) is 11.0 Å². The molecular formula is C13H23N3. The number of nitrogens with two attached hydrogens (primary N) is 1. The third kappa shape index (κ3) is 5.01. The number of rotatable bonds is 7. The van der Waals surface area contributed by atoms with E-state index in [0.717, 1.165) is 5.69 Å². The minimum Gasteiger partial charge on any atom is -0.384 e. The summed E-state index contributed by atoms with van der Waals surface area (Å²) in [6.07, 6.45) is 8.21. The molecule has 90 valence electrons. The third-order valence-electron chi connectivity index (χ3n) is 2.68. The number of pyridine rings is 1. The van der Waals surface area contributed by atoms with Gasteiger partial charge in [0.25, 0.3) is 0 Å². The molecule has 1 atom stereocenters. The SMILES string of the molecule is CCCCCCC(C)Nc1ccnc(N)c1. The van der Waals surface area contributed by atoms with Gasteiger partial charge in [0.1, 0.15) is 5.82 Å². The second kappa shape index (κ2) is 7.09. The number of anilines is 2. The minimum atomic E-state index is 0.499. The summed E-state index contributed by atoms with van der Waals surface area (Å²) in [7, 11) is 0. The molecule has 0 aliphatic heterocycles. The largest absolute Gasteiger partial charge is 0.384 e. The van der Waals surface area contributed by atoms with E-state index >= 15 is 0 Å². The first-order valence-corrected chi connectivity index (χ1v) is 6.20. The molecule has 3 nitrogen and oxygen atoms in total. The van der Waals surface area contributed by atoms with Crippen LogP contribution in [0.5, 0.6) is 0 Å². The van der Waals surface area contributed by atoms with Crippen LogP contribution in [0.4, 0.5) is 11.5 Å². The molecule has 3 N–H and O–H groups in total. The van der Waals surface area contributed by atoms with Gasteiger partial charge in [0.05, 0.1) is 0 Å². The van der Waals surface area contributed by atoms with Gasteiger partial charge in [0.15, 0.2) is 0 Å². The van der Waals surface area contributed by atoms with E-state index in [1.165, 1.54) is 32.1 Å². The van der Waals surface area contributed by atoms with Crippen molar-refractivity contribution in [2.75, 3.05) is 11.1 Å². The Morgan fingerprint density at radius 2 is 2.19 bits per heavy atom. The normalized spacial score (nSPS) is 12.4. The van der Waals surface area contributed by atoms with E-state index in [9.17, 15) is 0 Å². The van der Waals surface area contributed by atoms with Gasteiger partial charge in [-0.25, -0.2) is 4.98 Å². The fraction of sp³-hybridized carbons (Fsp3) is 0.615. The Labute approximate surface area is 98.5 Å². The fourth-order valence-corrected chi connectivity index (χ4v) is 1.77. The lowest BCUT2D eigenvalue weighted by molar-refractivity contribution is 0.594. The van der Waals surface area contributed by atoms with Crippen molar-refractivity contribution < 1.29 is 0 Å². The molecule has 0 saturated carbocycles. The molecule has 0 aliphatic rings. The van der Waals surface area contributed by atoms with Gasteiger partial charge < -0.3 is 11.1 Å². The third-order valence-corrected chi connectivity index (χ3v) is 2.68. The maximum atomic E-state index is 5.62. The van der Waals surface area contributed by atoms with Crippen LogP contribution in [0.15, 0.2) is 18.3 Å². The molecule has 1 aromatic rings. The Bertz CT molecular complexity index is 299. The maximum Gasteiger partial charge on any atom is 0.125 e. The summed E-state index contributed by atoms with van der Waals surface area (Å²) in [5, 5.41) is 3.44. The van der Waals surface area contributed by atoms with Crippen LogP contribution >= 0.6 is 0 Å². The molecule has 0 amide bonds. The average Bonchev–Trinajstić information content (AvgIpc) is 2.24. The topological polar surface area (TPSA) is 50.9 Å². The monoisotopic (exact) mass is 221 g/mol. The lowest BCUT2D eigenvalue weighted by Gasteiger charge is -2.15. The number of aromatic nitrogens is 1. The van der Waals surface area contributed by atoms with Crippen molar-refractivity contribution >= 4 is 11.5 Å². The summed E-state index contributed by atoms with van der Waals surface area (Å²) in [5.74, 6) is 0.572. The van der Waals surface area contributed by atoms with E-state index in [1.807, 2.05) is 12.1 Å². The Balaban J connectivity index is 2.25. The molecule has 1 aromatic heterocycles. The summed E-state index contributed by atoms with van der Waals surface area (Å²) in [5.41, 5.74) is 6.69. The molecule has 1 rings (SSSR count). The highest BCUT2D eigenvalue weighted by atomic mass is 14.9. The first-order chi connectivity index (χ1) is 7.72. The van der Waals surface area contributed by atoms with Crippen molar-refractivity contribution in [3.63, 3.8) is 0 Å². The van der Waals surface area contributed by atoms with Gasteiger partial charge in [-0.3, -0.25) is 0 Å². The molecule has 16 heavy (non-hydrogen) atoms. The Morgan fingerprint density at radius 3 is 2.88 bits per heavy atom. The molecule has 0 saturated heterocycles. The zero-order valence-electron chi connectivity index (χ0n) is 10.4. The van der Waals surface area contributed by atoms with Gasteiger partial charge in [-0.15, -0.1) is 0 Å². The van der Waals surface area contributed by atoms with Gasteiger partial charge in [0, 0.05) is 24.0 Å². The highest BCUT2D eigenvalue weighted by Crippen LogP contribution is 2.13. The molecule has 0 aliphatic carbocycles. The Morgan fingerprint density at radius 1 is 1.38 bits per heavy atom. The zero-order chi connectivity index (χ0) is 11.8. The summed E-state index contributed by atoms with van der Waals surface area (Å²) in [4.78, 5) is 3.97. The summed E-state index contributed by atoms with van der Waals surface area (Å²) >= 11 is 0. The van der Waals surface area contributed by atoms with E-state index < -0.39 is 0 Å². The standard InChI is InChI=1S/C13H23N3/c1-3-4-5-6-7-11(2)16-12-8-9-15-13(14)10-12/h8-11H,3-7H2,1-2H3,(H3,14,15,16). The van der Waals surface area contributed by atoms with Crippen LogP contribution in [0.25, 0.3) is 0 Å². The van der Waals surface area contributed by atoms with Gasteiger partial charge in [0.2, 0.25) is 0 Å². The minimum absolute atomic E-state index is 0.499. The van der Waals surface area contributed by atoms with Crippen molar-refractivity contribution in [2.24, 2.45) is 0 Å². The fourth-order valence-electron chi connectivity index (χ4n) is 1.77. The summed E-state index contributed by atoms with van der Waals surface area (Å²) in [6, 6.07) is 4.33. The zero-order valence-corrected chi connectivity index (χ0v) is 10.4. The average molecular weight is 221 g/mol. The second-order valence-electron chi connectivity index (χ2n) is 4.36. The molecule has 0 aromatic carbocycles. The van der Waals surface area contributed by atoms with Crippen LogP contribution in [-0.2, 0) is 0 Å². The van der Waals surface area contributed by atoms with Gasteiger partial charge in [-0.1, -0.05) is 32.6 Å². The molecule has 0 bridgehead atoms. The Kier molecular flexibility index (Phi) is 5.68. The first-order valence-electron chi connectivity index (χ1n) is 6.20. The Hall–Kier alpha value is -1.25. The van der Waals surface area contributed by atoms with Gasteiger partial charge >= 0.3 is 0 Å². The van der Waals surface area contributed by atoms with Crippen LogP contribution in [0.3, 0.4) is 0 Å². The molecule has 1 unspecified atom stereocenters. The highest BCUT2D eigenvalue weighted by Gasteiger charge is 2.02. The first kappa shape index (κ1) is 12.8. The summed E-state index contributed by atoms with van der Waals surface area (Å²) in [6.45, 7) is 4.45. The number of hydrogen-bond donors (Lipinski definition) is 2. The van der Waals surface area contributed by atoms with Crippen molar-refractivity contribution in [1.29, 1.82) is 0 Å². The second-order valence-corrected chi connectivity index (χ2v) is 4.36.